The van der Waals surface area contributed by atoms with E-state index in [9.17, 15) is 0 Å². The van der Waals surface area contributed by atoms with E-state index in [0.29, 0.717) is 23.2 Å². The van der Waals surface area contributed by atoms with Crippen LogP contribution in [-0.4, -0.2) is 15.0 Å². The molecule has 0 atom stereocenters. The molecule has 13 aromatic rings. The molecule has 0 aliphatic carbocycles. The van der Waals surface area contributed by atoms with Crippen LogP contribution in [0.2, 0.25) is 0 Å². The van der Waals surface area contributed by atoms with E-state index < -0.39 is 0 Å². The normalized spacial score (nSPS) is 11.9. The number of aromatic nitrogens is 3. The Labute approximate surface area is 350 Å². The molecular weight excluding hydrogens is 743 g/mol. The lowest BCUT2D eigenvalue weighted by atomic mass is 9.85. The molecule has 13 rings (SSSR count). The van der Waals surface area contributed by atoms with Gasteiger partial charge in [0.2, 0.25) is 0 Å². The van der Waals surface area contributed by atoms with Gasteiger partial charge in [0.15, 0.2) is 23.2 Å². The molecule has 0 N–H and O–H groups in total. The number of benzene rings is 10. The first-order valence-corrected chi connectivity index (χ1v) is 20.7. The van der Waals surface area contributed by atoms with Crippen LogP contribution in [0.5, 0.6) is 0 Å². The van der Waals surface area contributed by atoms with E-state index in [1.54, 1.807) is 0 Å². The van der Waals surface area contributed by atoms with Gasteiger partial charge in [-0.2, -0.15) is 0 Å². The molecule has 4 nitrogen and oxygen atoms in total. The molecule has 4 heteroatoms. The first-order valence-electron chi connectivity index (χ1n) is 20.7. The van der Waals surface area contributed by atoms with Crippen LogP contribution < -0.4 is 0 Å². The molecule has 0 saturated heterocycles. The summed E-state index contributed by atoms with van der Waals surface area (Å²) in [4.78, 5) is 15.3. The largest absolute Gasteiger partial charge is 0.453 e. The second kappa shape index (κ2) is 13.2. The molecule has 0 radical (unpaired) electrons. The van der Waals surface area contributed by atoms with Crippen LogP contribution in [0.25, 0.3) is 132 Å². The Hall–Kier alpha value is -8.21. The Balaban J connectivity index is 1.07. The molecule has 0 saturated carbocycles. The van der Waals surface area contributed by atoms with Crippen LogP contribution in [0.1, 0.15) is 0 Å². The van der Waals surface area contributed by atoms with E-state index in [1.807, 2.05) is 60.7 Å². The van der Waals surface area contributed by atoms with Crippen LogP contribution in [0.3, 0.4) is 0 Å². The molecule has 0 aliphatic heterocycles. The van der Waals surface area contributed by atoms with E-state index in [1.165, 1.54) is 64.6 Å². The van der Waals surface area contributed by atoms with Crippen molar-refractivity contribution in [3.8, 4) is 56.6 Å². The number of hydrogen-bond acceptors (Lipinski definition) is 4. The van der Waals surface area contributed by atoms with Crippen molar-refractivity contribution in [3.63, 3.8) is 0 Å². The van der Waals surface area contributed by atoms with Gasteiger partial charge < -0.3 is 4.42 Å². The zero-order valence-corrected chi connectivity index (χ0v) is 32.8. The lowest BCUT2D eigenvalue weighted by Crippen LogP contribution is -2.01. The van der Waals surface area contributed by atoms with E-state index in [0.717, 1.165) is 44.3 Å². The van der Waals surface area contributed by atoms with Crippen molar-refractivity contribution in [2.24, 2.45) is 0 Å². The topological polar surface area (TPSA) is 51.8 Å². The Kier molecular flexibility index (Phi) is 7.27. The fraction of sp³-hybridized carbons (Fsp3) is 0. The fourth-order valence-corrected chi connectivity index (χ4v) is 9.74. The molecule has 61 heavy (non-hydrogen) atoms. The van der Waals surface area contributed by atoms with Crippen molar-refractivity contribution in [2.75, 3.05) is 0 Å². The highest BCUT2D eigenvalue weighted by Gasteiger charge is 2.21. The molecule has 2 aromatic heterocycles. The van der Waals surface area contributed by atoms with Crippen LogP contribution in [0.15, 0.2) is 205 Å². The van der Waals surface area contributed by atoms with Crippen molar-refractivity contribution in [1.82, 2.24) is 15.0 Å². The first-order chi connectivity index (χ1) is 30.2. The van der Waals surface area contributed by atoms with Crippen molar-refractivity contribution in [3.05, 3.63) is 200 Å². The van der Waals surface area contributed by atoms with Crippen molar-refractivity contribution in [1.29, 1.82) is 0 Å². The van der Waals surface area contributed by atoms with Crippen LogP contribution in [0, 0.1) is 0 Å². The second-order valence-electron chi connectivity index (χ2n) is 15.9. The molecular formula is C57H33N3O. The maximum Gasteiger partial charge on any atom is 0.199 e. The summed E-state index contributed by atoms with van der Waals surface area (Å²) in [6, 6.07) is 71.5. The third-order valence-electron chi connectivity index (χ3n) is 12.4. The van der Waals surface area contributed by atoms with E-state index in [-0.39, 0.29) is 0 Å². The molecule has 0 amide bonds. The predicted molar refractivity (Wildman–Crippen MR) is 253 cm³/mol. The maximum atomic E-state index is 6.34. The van der Waals surface area contributed by atoms with E-state index >= 15 is 0 Å². The Bertz CT molecular complexity index is 3850. The van der Waals surface area contributed by atoms with Gasteiger partial charge >= 0.3 is 0 Å². The van der Waals surface area contributed by atoms with Gasteiger partial charge in [-0.1, -0.05) is 176 Å². The van der Waals surface area contributed by atoms with Crippen molar-refractivity contribution < 1.29 is 4.42 Å². The number of hydrogen-bond donors (Lipinski definition) is 0. The highest BCUT2D eigenvalue weighted by atomic mass is 16.3. The molecule has 11 aromatic carbocycles. The monoisotopic (exact) mass is 775 g/mol. The SMILES string of the molecule is c1ccc(-c2nc(-c3cc4ccccc4o3)nc(-c3ccccc3-c3ccccc3-c3cc4ccc5cccc6c7cccc8ccc9cccc(c(c3)c4c56)c9c87)n2)cc1. The average molecular weight is 776 g/mol. The van der Waals surface area contributed by atoms with Crippen LogP contribution in [-0.2, 0) is 0 Å². The van der Waals surface area contributed by atoms with Gasteiger partial charge in [0.25, 0.3) is 0 Å². The van der Waals surface area contributed by atoms with Crippen LogP contribution in [0.4, 0.5) is 0 Å². The molecule has 0 aliphatic rings. The summed E-state index contributed by atoms with van der Waals surface area (Å²) >= 11 is 0. The minimum atomic E-state index is 0.487. The summed E-state index contributed by atoms with van der Waals surface area (Å²) in [7, 11) is 0. The summed E-state index contributed by atoms with van der Waals surface area (Å²) in [5, 5.41) is 16.2. The van der Waals surface area contributed by atoms with Gasteiger partial charge in [-0.15, -0.1) is 0 Å². The summed E-state index contributed by atoms with van der Waals surface area (Å²) < 4.78 is 6.34. The molecule has 0 fully saturated rings. The quantitative estimate of drug-likeness (QED) is 0.163. The maximum absolute atomic E-state index is 6.34. The van der Waals surface area contributed by atoms with Gasteiger partial charge in [0.05, 0.1) is 0 Å². The lowest BCUT2D eigenvalue weighted by molar-refractivity contribution is 0.625. The number of para-hydroxylation sites is 1. The number of rotatable bonds is 5. The Morgan fingerprint density at radius 1 is 0.279 bits per heavy atom. The zero-order valence-electron chi connectivity index (χ0n) is 32.8. The van der Waals surface area contributed by atoms with Crippen molar-refractivity contribution in [2.45, 2.75) is 0 Å². The third kappa shape index (κ3) is 5.22. The summed E-state index contributed by atoms with van der Waals surface area (Å²) in [5.41, 5.74) is 7.00. The fourth-order valence-electron chi connectivity index (χ4n) is 9.74. The predicted octanol–water partition coefficient (Wildman–Crippen LogP) is 15.3. The Morgan fingerprint density at radius 3 is 1.44 bits per heavy atom. The van der Waals surface area contributed by atoms with Gasteiger partial charge in [0.1, 0.15) is 5.58 Å². The number of fused-ring (bicyclic) bond motifs is 3. The van der Waals surface area contributed by atoms with Crippen molar-refractivity contribution >= 4 is 75.6 Å². The molecule has 0 unspecified atom stereocenters. The van der Waals surface area contributed by atoms with E-state index in [2.05, 4.69) is 140 Å². The molecule has 0 spiro atoms. The van der Waals surface area contributed by atoms with E-state index in [4.69, 9.17) is 19.4 Å². The standard InChI is InChI=1S/C57H33N3O/c1-2-13-37(14-3-1)55-58-56(60-57(59-55)50-33-38-15-4-9-26-49(38)61-50)47-22-8-7-21-43(47)42-20-6-5-19-41(42)40-31-39-30-29-36-17-11-24-45-44-23-10-16-34-27-28-35-18-12-25-46(53(35)51(34)44)48(32-40)54(39)52(36)45/h1-33H. The first kappa shape index (κ1) is 33.7. The number of furan rings is 1. The molecule has 282 valence electrons. The highest BCUT2D eigenvalue weighted by Crippen LogP contribution is 2.46. The van der Waals surface area contributed by atoms with Gasteiger partial charge in [-0.25, -0.2) is 15.0 Å². The molecule has 0 bridgehead atoms. The summed E-state index contributed by atoms with van der Waals surface area (Å²) in [6.45, 7) is 0. The van der Waals surface area contributed by atoms with Gasteiger partial charge in [0, 0.05) is 16.5 Å². The molecule has 2 heterocycles. The minimum absolute atomic E-state index is 0.487. The minimum Gasteiger partial charge on any atom is -0.453 e. The smallest absolute Gasteiger partial charge is 0.199 e. The zero-order chi connectivity index (χ0) is 40.0. The summed E-state index contributed by atoms with van der Waals surface area (Å²) in [6.07, 6.45) is 0. The third-order valence-corrected chi connectivity index (χ3v) is 12.4. The summed E-state index contributed by atoms with van der Waals surface area (Å²) in [5.74, 6) is 2.25. The Morgan fingerprint density at radius 2 is 0.770 bits per heavy atom. The van der Waals surface area contributed by atoms with Gasteiger partial charge in [-0.05, 0) is 111 Å². The second-order valence-corrected chi connectivity index (χ2v) is 15.9. The van der Waals surface area contributed by atoms with Gasteiger partial charge in [-0.3, -0.25) is 0 Å². The average Bonchev–Trinajstić information content (AvgIpc) is 3.77. The highest BCUT2D eigenvalue weighted by molar-refractivity contribution is 6.37. The number of nitrogens with zero attached hydrogens (tertiary/aromatic N) is 3. The lowest BCUT2D eigenvalue weighted by Gasteiger charge is -2.18. The van der Waals surface area contributed by atoms with Crippen LogP contribution >= 0.6 is 0 Å².